The number of thioether (sulfide) groups is 1. The van der Waals surface area contributed by atoms with Crippen LogP contribution in [0.25, 0.3) is 0 Å². The van der Waals surface area contributed by atoms with Crippen molar-refractivity contribution >= 4 is 11.8 Å². The Labute approximate surface area is 132 Å². The van der Waals surface area contributed by atoms with Gasteiger partial charge in [0.05, 0.1) is 12.7 Å². The van der Waals surface area contributed by atoms with Crippen LogP contribution in [0, 0.1) is 11.3 Å². The third-order valence-corrected chi connectivity index (χ3v) is 5.78. The molecule has 0 atom stereocenters. The molecule has 4 heteroatoms. The normalized spacial score (nSPS) is 17.2. The van der Waals surface area contributed by atoms with Gasteiger partial charge in [0.15, 0.2) is 0 Å². The lowest BCUT2D eigenvalue weighted by atomic mass is 9.88. The van der Waals surface area contributed by atoms with Gasteiger partial charge in [-0.15, -0.1) is 0 Å². The van der Waals surface area contributed by atoms with Crippen molar-refractivity contribution < 1.29 is 4.74 Å². The average molecular weight is 304 g/mol. The van der Waals surface area contributed by atoms with E-state index in [-0.39, 0.29) is 0 Å². The van der Waals surface area contributed by atoms with Crippen molar-refractivity contribution in [1.82, 2.24) is 5.32 Å². The number of hydrogen-bond acceptors (Lipinski definition) is 4. The Morgan fingerprint density at radius 2 is 2.10 bits per heavy atom. The first kappa shape index (κ1) is 16.2. The zero-order valence-electron chi connectivity index (χ0n) is 12.9. The summed E-state index contributed by atoms with van der Waals surface area (Å²) in [5.41, 5.74) is 1.74. The van der Waals surface area contributed by atoms with Gasteiger partial charge in [-0.3, -0.25) is 0 Å². The van der Waals surface area contributed by atoms with E-state index in [4.69, 9.17) is 10.00 Å². The molecule has 0 amide bonds. The maximum absolute atomic E-state index is 9.13. The minimum atomic E-state index is 0.406. The Morgan fingerprint density at radius 1 is 1.33 bits per heavy atom. The molecular weight excluding hydrogens is 280 g/mol. The van der Waals surface area contributed by atoms with Gasteiger partial charge in [0.2, 0.25) is 0 Å². The highest BCUT2D eigenvalue weighted by Crippen LogP contribution is 2.38. The Morgan fingerprint density at radius 3 is 2.71 bits per heavy atom. The van der Waals surface area contributed by atoms with Crippen LogP contribution < -0.4 is 10.1 Å². The second-order valence-corrected chi connectivity index (χ2v) is 6.97. The molecule has 0 aliphatic heterocycles. The number of nitriles is 1. The first-order chi connectivity index (χ1) is 10.2. The predicted molar refractivity (Wildman–Crippen MR) is 88.7 cm³/mol. The van der Waals surface area contributed by atoms with Crippen LogP contribution in [0.5, 0.6) is 5.75 Å². The quantitative estimate of drug-likeness (QED) is 0.870. The van der Waals surface area contributed by atoms with E-state index < -0.39 is 0 Å². The summed E-state index contributed by atoms with van der Waals surface area (Å²) >= 11 is 2.01. The highest BCUT2D eigenvalue weighted by atomic mass is 32.2. The number of rotatable bonds is 6. The molecule has 0 aromatic heterocycles. The summed E-state index contributed by atoms with van der Waals surface area (Å²) in [6, 6.07) is 8.01. The van der Waals surface area contributed by atoms with Gasteiger partial charge in [-0.25, -0.2) is 0 Å². The van der Waals surface area contributed by atoms with Crippen LogP contribution in [0.3, 0.4) is 0 Å². The Hall–Kier alpha value is -1.18. The highest BCUT2D eigenvalue weighted by Gasteiger charge is 2.30. The van der Waals surface area contributed by atoms with E-state index in [1.807, 2.05) is 30.0 Å². The van der Waals surface area contributed by atoms with Crippen molar-refractivity contribution in [3.63, 3.8) is 0 Å². The maximum Gasteiger partial charge on any atom is 0.136 e. The fraction of sp³-hybridized carbons (Fsp3) is 0.588. The van der Waals surface area contributed by atoms with Gasteiger partial charge in [-0.2, -0.15) is 17.0 Å². The second-order valence-electron chi connectivity index (χ2n) is 5.70. The molecule has 0 unspecified atom stereocenters. The fourth-order valence-electron chi connectivity index (χ4n) is 3.04. The summed E-state index contributed by atoms with van der Waals surface area (Å²) in [6.45, 7) is 1.85. The number of hydrogen-bond donors (Lipinski definition) is 1. The van der Waals surface area contributed by atoms with E-state index in [9.17, 15) is 0 Å². The predicted octanol–water partition coefficient (Wildman–Crippen LogP) is 3.72. The zero-order chi connectivity index (χ0) is 15.1. The van der Waals surface area contributed by atoms with Crippen LogP contribution in [0.2, 0.25) is 0 Å². The molecule has 1 aromatic rings. The summed E-state index contributed by atoms with van der Waals surface area (Å²) in [4.78, 5) is 0. The number of methoxy groups -OCH3 is 1. The highest BCUT2D eigenvalue weighted by molar-refractivity contribution is 8.00. The van der Waals surface area contributed by atoms with Gasteiger partial charge >= 0.3 is 0 Å². The molecule has 1 saturated carbocycles. The van der Waals surface area contributed by atoms with Crippen molar-refractivity contribution in [1.29, 1.82) is 5.26 Å². The Bertz CT molecular complexity index is 504. The maximum atomic E-state index is 9.13. The van der Waals surface area contributed by atoms with Crippen molar-refractivity contribution in [2.75, 3.05) is 19.9 Å². The molecule has 1 aliphatic carbocycles. The minimum Gasteiger partial charge on any atom is -0.495 e. The summed E-state index contributed by atoms with van der Waals surface area (Å²) in [7, 11) is 1.60. The first-order valence-electron chi connectivity index (χ1n) is 7.56. The van der Waals surface area contributed by atoms with E-state index in [0.29, 0.717) is 16.1 Å². The molecule has 21 heavy (non-hydrogen) atoms. The Balaban J connectivity index is 1.92. The van der Waals surface area contributed by atoms with Crippen molar-refractivity contribution in [2.45, 2.75) is 43.4 Å². The lowest BCUT2D eigenvalue weighted by Crippen LogP contribution is -2.39. The van der Waals surface area contributed by atoms with Gasteiger partial charge in [-0.1, -0.05) is 25.3 Å². The molecule has 0 heterocycles. The summed E-state index contributed by atoms with van der Waals surface area (Å²) in [5, 5.41) is 12.7. The summed E-state index contributed by atoms with van der Waals surface area (Å²) in [5.74, 6) is 0.647. The van der Waals surface area contributed by atoms with Crippen molar-refractivity contribution in [3.8, 4) is 11.8 Å². The fourth-order valence-corrected chi connectivity index (χ4v) is 3.98. The molecule has 114 valence electrons. The molecule has 0 spiro atoms. The average Bonchev–Trinajstić information content (AvgIpc) is 2.55. The van der Waals surface area contributed by atoms with Gasteiger partial charge in [-0.05, 0) is 36.8 Å². The number of nitrogens with zero attached hydrogens (tertiary/aromatic N) is 1. The topological polar surface area (TPSA) is 45.0 Å². The van der Waals surface area contributed by atoms with Crippen LogP contribution in [-0.4, -0.2) is 24.7 Å². The van der Waals surface area contributed by atoms with Crippen LogP contribution in [0.4, 0.5) is 0 Å². The first-order valence-corrected chi connectivity index (χ1v) is 8.78. The van der Waals surface area contributed by atoms with Gasteiger partial charge in [0.25, 0.3) is 0 Å². The monoisotopic (exact) mass is 304 g/mol. The van der Waals surface area contributed by atoms with Crippen LogP contribution in [-0.2, 0) is 6.54 Å². The molecule has 3 nitrogen and oxygen atoms in total. The van der Waals surface area contributed by atoms with Gasteiger partial charge in [0.1, 0.15) is 11.8 Å². The molecule has 1 aliphatic rings. The third kappa shape index (κ3) is 4.15. The van der Waals surface area contributed by atoms with E-state index in [2.05, 4.69) is 17.6 Å². The smallest absolute Gasteiger partial charge is 0.136 e. The van der Waals surface area contributed by atoms with Crippen molar-refractivity contribution in [3.05, 3.63) is 29.3 Å². The molecule has 1 aromatic carbocycles. The number of nitrogens with one attached hydrogen (secondary N) is 1. The molecule has 1 N–H and O–H groups in total. The lowest BCUT2D eigenvalue weighted by Gasteiger charge is -2.36. The number of benzene rings is 1. The van der Waals surface area contributed by atoms with Gasteiger partial charge < -0.3 is 10.1 Å². The largest absolute Gasteiger partial charge is 0.495 e. The van der Waals surface area contributed by atoms with Crippen LogP contribution >= 0.6 is 11.8 Å². The Kier molecular flexibility index (Phi) is 5.96. The van der Waals surface area contributed by atoms with E-state index >= 15 is 0 Å². The summed E-state index contributed by atoms with van der Waals surface area (Å²) < 4.78 is 5.58. The van der Waals surface area contributed by atoms with E-state index in [0.717, 1.165) is 18.7 Å². The molecular formula is C17H24N2OS. The van der Waals surface area contributed by atoms with E-state index in [1.54, 1.807) is 7.11 Å². The molecule has 2 rings (SSSR count). The zero-order valence-corrected chi connectivity index (χ0v) is 13.8. The second kappa shape index (κ2) is 7.72. The van der Waals surface area contributed by atoms with Crippen LogP contribution in [0.1, 0.15) is 43.2 Å². The third-order valence-electron chi connectivity index (χ3n) is 4.36. The molecule has 0 radical (unpaired) electrons. The van der Waals surface area contributed by atoms with E-state index in [1.165, 1.54) is 32.1 Å². The molecule has 0 bridgehead atoms. The minimum absolute atomic E-state index is 0.406. The van der Waals surface area contributed by atoms with Crippen LogP contribution in [0.15, 0.2) is 18.2 Å². The SMILES string of the molecule is COc1ccc(CNCC2(SC)CCCCC2)cc1C#N. The number of ether oxygens (including phenoxy) is 1. The van der Waals surface area contributed by atoms with Crippen molar-refractivity contribution in [2.24, 2.45) is 0 Å². The van der Waals surface area contributed by atoms with Gasteiger partial charge in [0, 0.05) is 17.8 Å². The molecule has 1 fully saturated rings. The lowest BCUT2D eigenvalue weighted by molar-refractivity contribution is 0.379. The standard InChI is InChI=1S/C17H24N2OS/c1-20-16-7-6-14(10-15(16)11-18)12-19-13-17(21-2)8-4-3-5-9-17/h6-7,10,19H,3-5,8-9,12-13H2,1-2H3. The molecule has 0 saturated heterocycles. The summed E-state index contributed by atoms with van der Waals surface area (Å²) in [6.07, 6.45) is 8.94.